The molecule has 0 fully saturated rings. The van der Waals surface area contributed by atoms with Gasteiger partial charge in [-0.25, -0.2) is 8.78 Å². The summed E-state index contributed by atoms with van der Waals surface area (Å²) in [5.74, 6) is -1.36. The number of rotatable bonds is 1. The second-order valence-electron chi connectivity index (χ2n) is 2.62. The maximum absolute atomic E-state index is 12.8. The maximum atomic E-state index is 12.8. The fourth-order valence-electron chi connectivity index (χ4n) is 1.04. The van der Waals surface area contributed by atoms with Crippen LogP contribution in [0, 0.1) is 25.5 Å². The second-order valence-corrected chi connectivity index (χ2v) is 2.62. The third kappa shape index (κ3) is 1.22. The molecule has 0 aliphatic rings. The van der Waals surface area contributed by atoms with E-state index < -0.39 is 11.6 Å². The van der Waals surface area contributed by atoms with E-state index in [1.807, 2.05) is 0 Å². The summed E-state index contributed by atoms with van der Waals surface area (Å²) in [4.78, 5) is 10.4. The number of carbonyl (C=O) groups excluding carboxylic acids is 1. The Balaban J connectivity index is 3.52. The summed E-state index contributed by atoms with van der Waals surface area (Å²) in [6.07, 6.45) is 0.469. The molecule has 0 heterocycles. The van der Waals surface area contributed by atoms with Crippen molar-refractivity contribution in [2.75, 3.05) is 0 Å². The van der Waals surface area contributed by atoms with E-state index in [2.05, 4.69) is 0 Å². The Kier molecular flexibility index (Phi) is 2.22. The Morgan fingerprint density at radius 2 is 1.58 bits per heavy atom. The summed E-state index contributed by atoms with van der Waals surface area (Å²) in [7, 11) is 0. The lowest BCUT2D eigenvalue weighted by Crippen LogP contribution is -1.98. The Morgan fingerprint density at radius 1 is 1.17 bits per heavy atom. The molecule has 0 bridgehead atoms. The Labute approximate surface area is 69.0 Å². The van der Waals surface area contributed by atoms with Gasteiger partial charge in [0.2, 0.25) is 0 Å². The van der Waals surface area contributed by atoms with Crippen LogP contribution in [0.15, 0.2) is 6.07 Å². The van der Waals surface area contributed by atoms with Crippen LogP contribution in [0.1, 0.15) is 21.5 Å². The van der Waals surface area contributed by atoms with Crippen molar-refractivity contribution < 1.29 is 13.6 Å². The number of hydrogen-bond acceptors (Lipinski definition) is 1. The molecule has 64 valence electrons. The van der Waals surface area contributed by atoms with E-state index >= 15 is 0 Å². The molecule has 1 aromatic carbocycles. The van der Waals surface area contributed by atoms with Crippen molar-refractivity contribution >= 4 is 6.29 Å². The van der Waals surface area contributed by atoms with Gasteiger partial charge in [0.05, 0.1) is 0 Å². The monoisotopic (exact) mass is 170 g/mol. The van der Waals surface area contributed by atoms with Crippen molar-refractivity contribution in [2.45, 2.75) is 13.8 Å². The predicted octanol–water partition coefficient (Wildman–Crippen LogP) is 2.39. The summed E-state index contributed by atoms with van der Waals surface area (Å²) < 4.78 is 25.6. The van der Waals surface area contributed by atoms with Gasteiger partial charge >= 0.3 is 0 Å². The molecule has 3 heteroatoms. The fourth-order valence-corrected chi connectivity index (χ4v) is 1.04. The van der Waals surface area contributed by atoms with Gasteiger partial charge in [-0.05, 0) is 25.0 Å². The topological polar surface area (TPSA) is 17.1 Å². The second kappa shape index (κ2) is 3.01. The standard InChI is InChI=1S/C9H8F2O/c1-5-7(4-12)6(2)9(11)3-8(5)10/h3-4H,1-2H3. The highest BCUT2D eigenvalue weighted by molar-refractivity contribution is 5.79. The fraction of sp³-hybridized carbons (Fsp3) is 0.222. The van der Waals surface area contributed by atoms with Crippen LogP contribution in [0.25, 0.3) is 0 Å². The quantitative estimate of drug-likeness (QED) is 0.591. The average molecular weight is 170 g/mol. The first kappa shape index (κ1) is 8.84. The van der Waals surface area contributed by atoms with E-state index in [9.17, 15) is 13.6 Å². The highest BCUT2D eigenvalue weighted by Crippen LogP contribution is 2.18. The molecule has 0 atom stereocenters. The van der Waals surface area contributed by atoms with Gasteiger partial charge in [0.1, 0.15) is 11.6 Å². The minimum Gasteiger partial charge on any atom is -0.298 e. The maximum Gasteiger partial charge on any atom is 0.150 e. The van der Waals surface area contributed by atoms with Crippen molar-refractivity contribution in [1.82, 2.24) is 0 Å². The first-order valence-electron chi connectivity index (χ1n) is 3.48. The van der Waals surface area contributed by atoms with Crippen LogP contribution in [0.2, 0.25) is 0 Å². The van der Waals surface area contributed by atoms with Crippen LogP contribution in [0.5, 0.6) is 0 Å². The molecule has 0 N–H and O–H groups in total. The molecular weight excluding hydrogens is 162 g/mol. The highest BCUT2D eigenvalue weighted by atomic mass is 19.1. The smallest absolute Gasteiger partial charge is 0.150 e. The van der Waals surface area contributed by atoms with E-state index in [4.69, 9.17) is 0 Å². The molecule has 0 amide bonds. The predicted molar refractivity (Wildman–Crippen MR) is 41.2 cm³/mol. The van der Waals surface area contributed by atoms with Gasteiger partial charge in [0.25, 0.3) is 0 Å². The van der Waals surface area contributed by atoms with Crippen LogP contribution >= 0.6 is 0 Å². The zero-order valence-electron chi connectivity index (χ0n) is 6.82. The number of hydrogen-bond donors (Lipinski definition) is 0. The number of aldehydes is 1. The zero-order valence-corrected chi connectivity index (χ0v) is 6.82. The third-order valence-corrected chi connectivity index (χ3v) is 1.90. The van der Waals surface area contributed by atoms with Crippen LogP contribution < -0.4 is 0 Å². The van der Waals surface area contributed by atoms with Gasteiger partial charge < -0.3 is 0 Å². The van der Waals surface area contributed by atoms with Crippen molar-refractivity contribution in [3.05, 3.63) is 34.4 Å². The third-order valence-electron chi connectivity index (χ3n) is 1.90. The summed E-state index contributed by atoms with van der Waals surface area (Å²) in [5, 5.41) is 0. The van der Waals surface area contributed by atoms with Gasteiger partial charge in [-0.15, -0.1) is 0 Å². The number of benzene rings is 1. The van der Waals surface area contributed by atoms with Gasteiger partial charge in [-0.3, -0.25) is 4.79 Å². The summed E-state index contributed by atoms with van der Waals surface area (Å²) in [5.41, 5.74) is 0.500. The van der Waals surface area contributed by atoms with Gasteiger partial charge in [0.15, 0.2) is 6.29 Å². The molecule has 0 radical (unpaired) electrons. The van der Waals surface area contributed by atoms with Crippen molar-refractivity contribution in [1.29, 1.82) is 0 Å². The van der Waals surface area contributed by atoms with Crippen molar-refractivity contribution in [2.24, 2.45) is 0 Å². The molecule has 0 aromatic heterocycles. The first-order valence-corrected chi connectivity index (χ1v) is 3.48. The number of carbonyl (C=O) groups is 1. The molecule has 0 saturated carbocycles. The van der Waals surface area contributed by atoms with Crippen LogP contribution in [0.4, 0.5) is 8.78 Å². The summed E-state index contributed by atoms with van der Waals surface area (Å²) >= 11 is 0. The molecule has 0 aliphatic carbocycles. The van der Waals surface area contributed by atoms with Crippen LogP contribution in [-0.4, -0.2) is 6.29 Å². The van der Waals surface area contributed by atoms with Crippen LogP contribution in [-0.2, 0) is 0 Å². The summed E-state index contributed by atoms with van der Waals surface area (Å²) in [6, 6.07) is 0.789. The molecular formula is C9H8F2O. The molecule has 1 aromatic rings. The van der Waals surface area contributed by atoms with E-state index in [0.29, 0.717) is 6.29 Å². The largest absolute Gasteiger partial charge is 0.298 e. The Hall–Kier alpha value is -1.25. The van der Waals surface area contributed by atoms with Gasteiger partial charge in [-0.1, -0.05) is 0 Å². The SMILES string of the molecule is Cc1c(F)cc(F)c(C)c1C=O. The lowest BCUT2D eigenvalue weighted by molar-refractivity contribution is 0.112. The number of halogens is 2. The lowest BCUT2D eigenvalue weighted by Gasteiger charge is -2.04. The Morgan fingerprint density at radius 3 is 1.92 bits per heavy atom. The summed E-state index contributed by atoms with van der Waals surface area (Å²) in [6.45, 7) is 2.90. The lowest BCUT2D eigenvalue weighted by atomic mass is 10.0. The zero-order chi connectivity index (χ0) is 9.30. The van der Waals surface area contributed by atoms with E-state index in [1.165, 1.54) is 13.8 Å². The van der Waals surface area contributed by atoms with Crippen molar-refractivity contribution in [3.8, 4) is 0 Å². The van der Waals surface area contributed by atoms with Crippen molar-refractivity contribution in [3.63, 3.8) is 0 Å². The molecule has 0 spiro atoms. The minimum atomic E-state index is -0.680. The van der Waals surface area contributed by atoms with E-state index in [0.717, 1.165) is 6.07 Å². The first-order chi connectivity index (χ1) is 5.57. The van der Waals surface area contributed by atoms with E-state index in [1.54, 1.807) is 0 Å². The molecule has 0 unspecified atom stereocenters. The normalized spacial score (nSPS) is 10.0. The van der Waals surface area contributed by atoms with Gasteiger partial charge in [-0.2, -0.15) is 0 Å². The molecule has 1 rings (SSSR count). The van der Waals surface area contributed by atoms with Crippen LogP contribution in [0.3, 0.4) is 0 Å². The molecule has 0 saturated heterocycles. The Bertz CT molecular complexity index is 306. The van der Waals surface area contributed by atoms with E-state index in [-0.39, 0.29) is 16.7 Å². The molecule has 1 nitrogen and oxygen atoms in total. The minimum absolute atomic E-state index is 0.104. The molecule has 0 aliphatic heterocycles. The molecule has 12 heavy (non-hydrogen) atoms. The van der Waals surface area contributed by atoms with Gasteiger partial charge in [0, 0.05) is 11.6 Å². The highest BCUT2D eigenvalue weighted by Gasteiger charge is 2.11. The average Bonchev–Trinajstić information content (AvgIpc) is 2.02.